The van der Waals surface area contributed by atoms with Crippen LogP contribution in [0.5, 0.6) is 0 Å². The third kappa shape index (κ3) is 5.46. The van der Waals surface area contributed by atoms with Crippen molar-refractivity contribution in [3.63, 3.8) is 0 Å². The number of benzene rings is 1. The van der Waals surface area contributed by atoms with Gasteiger partial charge in [0.1, 0.15) is 0 Å². The normalized spacial score (nSPS) is 20.5. The van der Waals surface area contributed by atoms with Crippen LogP contribution in [-0.4, -0.2) is 48.1 Å². The Kier molecular flexibility index (Phi) is 7.76. The van der Waals surface area contributed by atoms with Gasteiger partial charge in [-0.2, -0.15) is 0 Å². The highest BCUT2D eigenvalue weighted by molar-refractivity contribution is 5.89. The van der Waals surface area contributed by atoms with Crippen molar-refractivity contribution in [2.45, 2.75) is 65.3 Å². The first-order valence-electron chi connectivity index (χ1n) is 10.0. The van der Waals surface area contributed by atoms with Crippen molar-refractivity contribution in [3.8, 4) is 0 Å². The topological polar surface area (TPSA) is 35.6 Å². The zero-order valence-corrected chi connectivity index (χ0v) is 16.4. The highest BCUT2D eigenvalue weighted by Crippen LogP contribution is 2.22. The van der Waals surface area contributed by atoms with E-state index in [1.54, 1.807) is 0 Å². The minimum Gasteiger partial charge on any atom is -0.320 e. The van der Waals surface area contributed by atoms with Gasteiger partial charge in [-0.05, 0) is 62.4 Å². The summed E-state index contributed by atoms with van der Waals surface area (Å²) in [4.78, 5) is 17.2. The largest absolute Gasteiger partial charge is 0.322 e. The molecule has 2 aliphatic rings. The van der Waals surface area contributed by atoms with Gasteiger partial charge in [0.25, 0.3) is 0 Å². The standard InChI is InChI=1S/C19H29N3O.C2H6/c1-15(2)16-7-9-17(10-8-16)20-19(23)22-13-5-6-18(22)14-21-11-3-4-12-21;1-2/h7-10,15,18H,3-6,11-14H2,1-2H3,(H,20,23);1-2H3/t18-;/m1./s1. The quantitative estimate of drug-likeness (QED) is 0.840. The Hall–Kier alpha value is -1.55. The van der Waals surface area contributed by atoms with Crippen molar-refractivity contribution in [2.75, 3.05) is 31.5 Å². The van der Waals surface area contributed by atoms with Gasteiger partial charge in [0.05, 0.1) is 0 Å². The fourth-order valence-electron chi connectivity index (χ4n) is 3.70. The lowest BCUT2D eigenvalue weighted by atomic mass is 10.0. The molecule has 2 saturated heterocycles. The summed E-state index contributed by atoms with van der Waals surface area (Å²) >= 11 is 0. The molecule has 0 radical (unpaired) electrons. The van der Waals surface area contributed by atoms with E-state index < -0.39 is 0 Å². The van der Waals surface area contributed by atoms with Gasteiger partial charge in [0.2, 0.25) is 0 Å². The van der Waals surface area contributed by atoms with E-state index in [9.17, 15) is 4.79 Å². The second-order valence-electron chi connectivity index (χ2n) is 7.20. The molecule has 1 aromatic rings. The molecule has 2 aliphatic heterocycles. The third-order valence-electron chi connectivity index (χ3n) is 5.13. The van der Waals surface area contributed by atoms with Crippen molar-refractivity contribution in [3.05, 3.63) is 29.8 Å². The summed E-state index contributed by atoms with van der Waals surface area (Å²) in [5.41, 5.74) is 2.20. The lowest BCUT2D eigenvalue weighted by Gasteiger charge is -2.28. The summed E-state index contributed by atoms with van der Waals surface area (Å²) in [5, 5.41) is 3.07. The minimum absolute atomic E-state index is 0.0593. The molecule has 2 fully saturated rings. The zero-order valence-electron chi connectivity index (χ0n) is 16.4. The molecule has 2 amide bonds. The Labute approximate surface area is 153 Å². The molecule has 1 N–H and O–H groups in total. The molecule has 0 saturated carbocycles. The van der Waals surface area contributed by atoms with Crippen LogP contribution >= 0.6 is 0 Å². The lowest BCUT2D eigenvalue weighted by molar-refractivity contribution is 0.186. The summed E-state index contributed by atoms with van der Waals surface area (Å²) in [5.74, 6) is 0.517. The van der Waals surface area contributed by atoms with E-state index >= 15 is 0 Å². The van der Waals surface area contributed by atoms with Gasteiger partial charge in [-0.25, -0.2) is 4.79 Å². The average Bonchev–Trinajstić information content (AvgIpc) is 3.29. The van der Waals surface area contributed by atoms with Crippen molar-refractivity contribution in [2.24, 2.45) is 0 Å². The highest BCUT2D eigenvalue weighted by Gasteiger charge is 2.30. The summed E-state index contributed by atoms with van der Waals surface area (Å²) in [6, 6.07) is 8.67. The second kappa shape index (κ2) is 9.81. The third-order valence-corrected chi connectivity index (χ3v) is 5.13. The molecule has 0 aliphatic carbocycles. The molecule has 4 heteroatoms. The Morgan fingerprint density at radius 1 is 1.08 bits per heavy atom. The van der Waals surface area contributed by atoms with E-state index in [1.165, 1.54) is 31.5 Å². The van der Waals surface area contributed by atoms with E-state index in [-0.39, 0.29) is 6.03 Å². The SMILES string of the molecule is CC.CC(C)c1ccc(NC(=O)N2CCC[C@@H]2CN2CCCC2)cc1. The Balaban J connectivity index is 0.00000109. The first-order valence-corrected chi connectivity index (χ1v) is 10.0. The van der Waals surface area contributed by atoms with Crippen molar-refractivity contribution >= 4 is 11.7 Å². The maximum absolute atomic E-state index is 12.6. The maximum atomic E-state index is 12.6. The predicted octanol–water partition coefficient (Wildman–Crippen LogP) is 4.93. The molecule has 0 bridgehead atoms. The molecule has 4 nitrogen and oxygen atoms in total. The highest BCUT2D eigenvalue weighted by atomic mass is 16.2. The van der Waals surface area contributed by atoms with E-state index in [2.05, 4.69) is 36.2 Å². The monoisotopic (exact) mass is 345 g/mol. The first-order chi connectivity index (χ1) is 12.1. The molecule has 1 atom stereocenters. The van der Waals surface area contributed by atoms with E-state index in [0.717, 1.165) is 31.6 Å². The summed E-state index contributed by atoms with van der Waals surface area (Å²) in [6.07, 6.45) is 4.87. The van der Waals surface area contributed by atoms with E-state index in [0.29, 0.717) is 12.0 Å². The molecule has 140 valence electrons. The van der Waals surface area contributed by atoms with Crippen molar-refractivity contribution in [1.82, 2.24) is 9.80 Å². The smallest absolute Gasteiger partial charge is 0.320 e. The van der Waals surface area contributed by atoms with Crippen LogP contribution in [0.3, 0.4) is 0 Å². The first kappa shape index (κ1) is 19.8. The van der Waals surface area contributed by atoms with Crippen LogP contribution in [-0.2, 0) is 0 Å². The van der Waals surface area contributed by atoms with Crippen LogP contribution in [0.2, 0.25) is 0 Å². The van der Waals surface area contributed by atoms with Crippen molar-refractivity contribution < 1.29 is 4.79 Å². The number of carbonyl (C=O) groups excluding carboxylic acids is 1. The van der Waals surface area contributed by atoms with Crippen LogP contribution in [0.1, 0.15) is 64.9 Å². The molecule has 0 spiro atoms. The van der Waals surface area contributed by atoms with Gasteiger partial charge >= 0.3 is 6.03 Å². The summed E-state index contributed by atoms with van der Waals surface area (Å²) in [7, 11) is 0. The predicted molar refractivity (Wildman–Crippen MR) is 106 cm³/mol. The Morgan fingerprint density at radius 3 is 2.32 bits per heavy atom. The number of amides is 2. The Bertz CT molecular complexity index is 520. The van der Waals surface area contributed by atoms with Crippen LogP contribution in [0.15, 0.2) is 24.3 Å². The van der Waals surface area contributed by atoms with Crippen LogP contribution in [0.4, 0.5) is 10.5 Å². The number of hydrogen-bond donors (Lipinski definition) is 1. The van der Waals surface area contributed by atoms with Gasteiger partial charge in [-0.1, -0.05) is 39.8 Å². The number of anilines is 1. The molecule has 25 heavy (non-hydrogen) atoms. The number of nitrogens with zero attached hydrogens (tertiary/aromatic N) is 2. The number of nitrogens with one attached hydrogen (secondary N) is 1. The number of likely N-dealkylation sites (tertiary alicyclic amines) is 2. The van der Waals surface area contributed by atoms with Gasteiger partial charge < -0.3 is 15.1 Å². The minimum atomic E-state index is 0.0593. The van der Waals surface area contributed by atoms with Gasteiger partial charge in [-0.3, -0.25) is 0 Å². The van der Waals surface area contributed by atoms with Gasteiger partial charge in [0, 0.05) is 24.8 Å². The number of rotatable bonds is 4. The zero-order chi connectivity index (χ0) is 18.2. The summed E-state index contributed by atoms with van der Waals surface area (Å²) < 4.78 is 0. The molecule has 0 aromatic heterocycles. The van der Waals surface area contributed by atoms with Crippen LogP contribution in [0.25, 0.3) is 0 Å². The van der Waals surface area contributed by atoms with E-state index in [1.807, 2.05) is 30.9 Å². The molecular formula is C21H35N3O. The van der Waals surface area contributed by atoms with E-state index in [4.69, 9.17) is 0 Å². The molecule has 2 heterocycles. The maximum Gasteiger partial charge on any atom is 0.322 e. The average molecular weight is 346 g/mol. The number of urea groups is 1. The molecule has 3 rings (SSSR count). The fraction of sp³-hybridized carbons (Fsp3) is 0.667. The Morgan fingerprint density at radius 2 is 1.72 bits per heavy atom. The fourth-order valence-corrected chi connectivity index (χ4v) is 3.70. The van der Waals surface area contributed by atoms with Gasteiger partial charge in [-0.15, -0.1) is 0 Å². The molecule has 0 unspecified atom stereocenters. The van der Waals surface area contributed by atoms with Crippen LogP contribution < -0.4 is 5.32 Å². The van der Waals surface area contributed by atoms with Gasteiger partial charge in [0.15, 0.2) is 0 Å². The second-order valence-corrected chi connectivity index (χ2v) is 7.20. The summed E-state index contributed by atoms with van der Waals surface area (Å²) in [6.45, 7) is 12.7. The number of hydrogen-bond acceptors (Lipinski definition) is 2. The van der Waals surface area contributed by atoms with Crippen LogP contribution in [0, 0.1) is 0 Å². The van der Waals surface area contributed by atoms with Crippen molar-refractivity contribution in [1.29, 1.82) is 0 Å². The molecule has 1 aromatic carbocycles. The molecular weight excluding hydrogens is 310 g/mol. The lowest BCUT2D eigenvalue weighted by Crippen LogP contribution is -2.44. The number of carbonyl (C=O) groups is 1.